The first-order valence-corrected chi connectivity index (χ1v) is 8.76. The Balaban J connectivity index is 1.76. The van der Waals surface area contributed by atoms with Crippen molar-refractivity contribution < 1.29 is 9.53 Å². The van der Waals surface area contributed by atoms with Crippen LogP contribution in [0.2, 0.25) is 0 Å². The van der Waals surface area contributed by atoms with Gasteiger partial charge in [-0.05, 0) is 64.0 Å². The van der Waals surface area contributed by atoms with Gasteiger partial charge in [0.05, 0.1) is 6.10 Å². The van der Waals surface area contributed by atoms with Crippen molar-refractivity contribution in [2.75, 3.05) is 0 Å². The molecular weight excluding hydrogens is 328 g/mol. The molecule has 1 aliphatic rings. The zero-order valence-electron chi connectivity index (χ0n) is 13.0. The van der Waals surface area contributed by atoms with Crippen LogP contribution in [-0.4, -0.2) is 11.9 Å². The van der Waals surface area contributed by atoms with E-state index in [0.29, 0.717) is 11.9 Å². The average Bonchev–Trinajstić information content (AvgIpc) is 2.45. The van der Waals surface area contributed by atoms with Crippen molar-refractivity contribution in [1.29, 1.82) is 0 Å². The topological polar surface area (TPSA) is 26.3 Å². The minimum absolute atomic E-state index is 0.317. The van der Waals surface area contributed by atoms with Crippen LogP contribution in [0.3, 0.4) is 0 Å². The molecule has 0 aromatic heterocycles. The summed E-state index contributed by atoms with van der Waals surface area (Å²) < 4.78 is 7.28. The van der Waals surface area contributed by atoms with Gasteiger partial charge >= 0.3 is 0 Å². The molecule has 0 N–H and O–H groups in total. The summed E-state index contributed by atoms with van der Waals surface area (Å²) in [6.45, 7) is 3.78. The molecule has 1 aromatic rings. The van der Waals surface area contributed by atoms with Crippen molar-refractivity contribution in [2.24, 2.45) is 5.92 Å². The van der Waals surface area contributed by atoms with Gasteiger partial charge in [-0.15, -0.1) is 0 Å². The Morgan fingerprint density at radius 3 is 2.67 bits per heavy atom. The van der Waals surface area contributed by atoms with Gasteiger partial charge in [-0.3, -0.25) is 0 Å². The SMILES string of the molecule is CC(=O)CCCC1CCC(Oc2cccc(Br)c2C)CC1. The number of Topliss-reactive ketones (excluding diaryl/α,β-unsaturated/α-hetero) is 1. The van der Waals surface area contributed by atoms with E-state index in [-0.39, 0.29) is 0 Å². The normalized spacial score (nSPS) is 22.0. The van der Waals surface area contributed by atoms with Crippen molar-refractivity contribution >= 4 is 21.7 Å². The minimum atomic E-state index is 0.317. The summed E-state index contributed by atoms with van der Waals surface area (Å²) in [6.07, 6.45) is 8.08. The first-order chi connectivity index (χ1) is 10.1. The summed E-state index contributed by atoms with van der Waals surface area (Å²) in [5.74, 6) is 2.11. The smallest absolute Gasteiger partial charge is 0.129 e. The van der Waals surface area contributed by atoms with Crippen LogP contribution in [0, 0.1) is 12.8 Å². The number of hydrogen-bond donors (Lipinski definition) is 0. The molecule has 1 aliphatic carbocycles. The highest BCUT2D eigenvalue weighted by molar-refractivity contribution is 9.10. The lowest BCUT2D eigenvalue weighted by Gasteiger charge is -2.29. The molecule has 0 atom stereocenters. The number of carbonyl (C=O) groups is 1. The van der Waals surface area contributed by atoms with Gasteiger partial charge in [0.15, 0.2) is 0 Å². The molecule has 2 rings (SSSR count). The number of benzene rings is 1. The molecule has 0 spiro atoms. The van der Waals surface area contributed by atoms with E-state index in [4.69, 9.17) is 4.74 Å². The second-order valence-electron chi connectivity index (χ2n) is 6.22. The minimum Gasteiger partial charge on any atom is -0.490 e. The summed E-state index contributed by atoms with van der Waals surface area (Å²) in [5, 5.41) is 0. The van der Waals surface area contributed by atoms with Gasteiger partial charge < -0.3 is 9.53 Å². The number of ether oxygens (including phenoxy) is 1. The monoisotopic (exact) mass is 352 g/mol. The molecule has 1 fully saturated rings. The first-order valence-electron chi connectivity index (χ1n) is 7.97. The second-order valence-corrected chi connectivity index (χ2v) is 7.07. The third-order valence-electron chi connectivity index (χ3n) is 4.45. The highest BCUT2D eigenvalue weighted by Gasteiger charge is 2.22. The zero-order valence-corrected chi connectivity index (χ0v) is 14.6. The molecule has 1 aromatic carbocycles. The number of halogens is 1. The lowest BCUT2D eigenvalue weighted by molar-refractivity contribution is -0.117. The van der Waals surface area contributed by atoms with Crippen LogP contribution < -0.4 is 4.74 Å². The molecule has 1 saturated carbocycles. The molecule has 0 unspecified atom stereocenters. The van der Waals surface area contributed by atoms with Crippen LogP contribution in [0.25, 0.3) is 0 Å². The summed E-state index contributed by atoms with van der Waals surface area (Å²) in [6, 6.07) is 6.13. The van der Waals surface area contributed by atoms with E-state index < -0.39 is 0 Å². The summed E-state index contributed by atoms with van der Waals surface area (Å²) in [4.78, 5) is 11.0. The molecule has 3 heteroatoms. The van der Waals surface area contributed by atoms with Crippen LogP contribution >= 0.6 is 15.9 Å². The average molecular weight is 353 g/mol. The first kappa shape index (κ1) is 16.5. The quantitative estimate of drug-likeness (QED) is 0.679. The van der Waals surface area contributed by atoms with Gasteiger partial charge in [-0.2, -0.15) is 0 Å². The van der Waals surface area contributed by atoms with Gasteiger partial charge in [-0.25, -0.2) is 0 Å². The predicted octanol–water partition coefficient (Wildman–Crippen LogP) is 5.45. The van der Waals surface area contributed by atoms with Gasteiger partial charge in [0.1, 0.15) is 11.5 Å². The van der Waals surface area contributed by atoms with Crippen molar-refractivity contribution in [1.82, 2.24) is 0 Å². The summed E-state index contributed by atoms with van der Waals surface area (Å²) in [5.41, 5.74) is 1.18. The Hall–Kier alpha value is -0.830. The summed E-state index contributed by atoms with van der Waals surface area (Å²) >= 11 is 3.55. The van der Waals surface area contributed by atoms with E-state index in [1.165, 1.54) is 24.8 Å². The molecule has 0 radical (unpaired) electrons. The third kappa shape index (κ3) is 5.14. The molecule has 0 aliphatic heterocycles. The van der Waals surface area contributed by atoms with E-state index in [1.54, 1.807) is 6.92 Å². The van der Waals surface area contributed by atoms with E-state index in [9.17, 15) is 4.79 Å². The van der Waals surface area contributed by atoms with Crippen LogP contribution in [-0.2, 0) is 4.79 Å². The Bertz CT molecular complexity index is 476. The van der Waals surface area contributed by atoms with Crippen LogP contribution in [0.15, 0.2) is 22.7 Å². The van der Waals surface area contributed by atoms with Gasteiger partial charge in [0, 0.05) is 16.5 Å². The fraction of sp³-hybridized carbons (Fsp3) is 0.611. The maximum Gasteiger partial charge on any atom is 0.129 e. The molecule has 0 amide bonds. The lowest BCUT2D eigenvalue weighted by atomic mass is 9.84. The van der Waals surface area contributed by atoms with E-state index in [0.717, 1.165) is 41.8 Å². The predicted molar refractivity (Wildman–Crippen MR) is 89.8 cm³/mol. The Labute approximate surface area is 136 Å². The van der Waals surface area contributed by atoms with Crippen molar-refractivity contribution in [3.05, 3.63) is 28.2 Å². The van der Waals surface area contributed by atoms with Crippen LogP contribution in [0.5, 0.6) is 5.75 Å². The molecule has 116 valence electrons. The van der Waals surface area contributed by atoms with Gasteiger partial charge in [-0.1, -0.05) is 28.4 Å². The van der Waals surface area contributed by atoms with Crippen molar-refractivity contribution in [3.63, 3.8) is 0 Å². The van der Waals surface area contributed by atoms with Crippen molar-refractivity contribution in [3.8, 4) is 5.75 Å². The van der Waals surface area contributed by atoms with Crippen LogP contribution in [0.4, 0.5) is 0 Å². The van der Waals surface area contributed by atoms with E-state index in [1.807, 2.05) is 12.1 Å². The molecule has 21 heavy (non-hydrogen) atoms. The standard InChI is InChI=1S/C18H25BrO2/c1-13(20)5-3-6-15-9-11-16(12-10-15)21-18-8-4-7-17(19)14(18)2/h4,7-8,15-16H,3,5-6,9-12H2,1-2H3. The van der Waals surface area contributed by atoms with Crippen LogP contribution in [0.1, 0.15) is 57.4 Å². The molecule has 0 bridgehead atoms. The molecular formula is C18H25BrO2. The van der Waals surface area contributed by atoms with Gasteiger partial charge in [0.25, 0.3) is 0 Å². The number of rotatable bonds is 6. The maximum atomic E-state index is 11.0. The number of carbonyl (C=O) groups excluding carboxylic acids is 1. The molecule has 0 saturated heterocycles. The zero-order chi connectivity index (χ0) is 15.2. The number of ketones is 1. The van der Waals surface area contributed by atoms with Crippen molar-refractivity contribution in [2.45, 2.75) is 64.9 Å². The Morgan fingerprint density at radius 2 is 2.00 bits per heavy atom. The Kier molecular flexibility index (Phi) is 6.28. The molecule has 0 heterocycles. The van der Waals surface area contributed by atoms with Gasteiger partial charge in [0.2, 0.25) is 0 Å². The fourth-order valence-electron chi connectivity index (χ4n) is 3.07. The fourth-order valence-corrected chi connectivity index (χ4v) is 3.42. The number of hydrogen-bond acceptors (Lipinski definition) is 2. The highest BCUT2D eigenvalue weighted by atomic mass is 79.9. The highest BCUT2D eigenvalue weighted by Crippen LogP contribution is 2.33. The van der Waals surface area contributed by atoms with E-state index in [2.05, 4.69) is 28.9 Å². The van der Waals surface area contributed by atoms with E-state index >= 15 is 0 Å². The maximum absolute atomic E-state index is 11.0. The molecule has 2 nitrogen and oxygen atoms in total. The summed E-state index contributed by atoms with van der Waals surface area (Å²) in [7, 11) is 0. The Morgan fingerprint density at radius 1 is 1.29 bits per heavy atom. The third-order valence-corrected chi connectivity index (χ3v) is 5.31. The largest absolute Gasteiger partial charge is 0.490 e. The second kappa shape index (κ2) is 7.98. The lowest BCUT2D eigenvalue weighted by Crippen LogP contribution is -2.24.